The molecule has 27 heavy (non-hydrogen) atoms. The fraction of sp³-hybridized carbons (Fsp3) is 0.474. The van der Waals surface area contributed by atoms with E-state index in [4.69, 9.17) is 0 Å². The Kier molecular flexibility index (Phi) is 5.14. The molecule has 0 saturated carbocycles. The van der Waals surface area contributed by atoms with Gasteiger partial charge in [-0.1, -0.05) is 6.07 Å². The van der Waals surface area contributed by atoms with Gasteiger partial charge in [-0.15, -0.1) is 0 Å². The van der Waals surface area contributed by atoms with Crippen LogP contribution in [0.15, 0.2) is 23.4 Å². The second-order valence-corrected chi connectivity index (χ2v) is 9.06. The molecule has 0 aliphatic carbocycles. The molecule has 1 saturated heterocycles. The van der Waals surface area contributed by atoms with E-state index in [1.165, 1.54) is 10.5 Å². The van der Waals surface area contributed by atoms with Crippen molar-refractivity contribution < 1.29 is 13.2 Å². The van der Waals surface area contributed by atoms with Gasteiger partial charge in [-0.3, -0.25) is 9.48 Å². The highest BCUT2D eigenvalue weighted by Gasteiger charge is 2.33. The minimum absolute atomic E-state index is 0.112. The van der Waals surface area contributed by atoms with Gasteiger partial charge in [0.05, 0.1) is 16.7 Å². The number of piperazine rings is 1. The van der Waals surface area contributed by atoms with Crippen LogP contribution in [-0.4, -0.2) is 59.5 Å². The highest BCUT2D eigenvalue weighted by atomic mass is 32.2. The number of carbonyl (C=O) groups is 1. The minimum Gasteiger partial charge on any atom is -0.336 e. The van der Waals surface area contributed by atoms with Gasteiger partial charge in [-0.25, -0.2) is 8.42 Å². The first-order chi connectivity index (χ1) is 12.6. The van der Waals surface area contributed by atoms with E-state index in [0.717, 1.165) is 22.3 Å². The number of aromatic nitrogens is 2. The summed E-state index contributed by atoms with van der Waals surface area (Å²) < 4.78 is 29.7. The molecule has 2 aromatic rings. The zero-order chi connectivity index (χ0) is 19.9. The first kappa shape index (κ1) is 19.6. The second-order valence-electron chi connectivity index (χ2n) is 7.19. The summed E-state index contributed by atoms with van der Waals surface area (Å²) >= 11 is 0. The molecule has 1 aliphatic heterocycles. The quantitative estimate of drug-likeness (QED) is 0.801. The van der Waals surface area contributed by atoms with Crippen LogP contribution in [-0.2, 0) is 17.1 Å². The van der Waals surface area contributed by atoms with Crippen LogP contribution in [0.4, 0.5) is 0 Å². The number of rotatable bonds is 3. The summed E-state index contributed by atoms with van der Waals surface area (Å²) in [5.74, 6) is -0.112. The van der Waals surface area contributed by atoms with Crippen LogP contribution >= 0.6 is 0 Å². The summed E-state index contributed by atoms with van der Waals surface area (Å²) in [6, 6.07) is 2.02. The number of hydrogen-bond acceptors (Lipinski definition) is 4. The number of benzene rings is 1. The average Bonchev–Trinajstić information content (AvgIpc) is 3.06. The molecule has 2 heterocycles. The molecule has 0 atom stereocenters. The molecule has 7 nitrogen and oxygen atoms in total. The van der Waals surface area contributed by atoms with E-state index >= 15 is 0 Å². The summed E-state index contributed by atoms with van der Waals surface area (Å²) in [6.45, 7) is 8.91. The lowest BCUT2D eigenvalue weighted by Crippen LogP contribution is -2.50. The topological polar surface area (TPSA) is 75.5 Å². The fourth-order valence-corrected chi connectivity index (χ4v) is 5.54. The Labute approximate surface area is 160 Å². The maximum atomic E-state index is 13.3. The van der Waals surface area contributed by atoms with Crippen molar-refractivity contribution in [2.24, 2.45) is 7.05 Å². The van der Waals surface area contributed by atoms with Crippen LogP contribution in [0.2, 0.25) is 0 Å². The van der Waals surface area contributed by atoms with Crippen molar-refractivity contribution in [1.82, 2.24) is 19.0 Å². The molecular formula is C19H26N4O3S. The number of hydrogen-bond donors (Lipinski definition) is 0. The van der Waals surface area contributed by atoms with E-state index in [1.54, 1.807) is 22.8 Å². The Hall–Kier alpha value is -2.19. The largest absolute Gasteiger partial charge is 0.336 e. The summed E-state index contributed by atoms with van der Waals surface area (Å²) in [5.41, 5.74) is 4.07. The van der Waals surface area contributed by atoms with Gasteiger partial charge in [-0.2, -0.15) is 9.40 Å². The van der Waals surface area contributed by atoms with E-state index in [-0.39, 0.29) is 5.91 Å². The van der Waals surface area contributed by atoms with Gasteiger partial charge in [0.15, 0.2) is 0 Å². The van der Waals surface area contributed by atoms with Crippen LogP contribution in [0, 0.1) is 27.7 Å². The summed E-state index contributed by atoms with van der Waals surface area (Å²) in [4.78, 5) is 14.6. The normalized spacial score (nSPS) is 16.0. The van der Waals surface area contributed by atoms with E-state index < -0.39 is 10.0 Å². The van der Waals surface area contributed by atoms with E-state index in [1.807, 2.05) is 33.8 Å². The first-order valence-electron chi connectivity index (χ1n) is 8.98. The van der Waals surface area contributed by atoms with E-state index in [0.29, 0.717) is 36.6 Å². The molecule has 0 unspecified atom stereocenters. The molecule has 1 amide bonds. The van der Waals surface area contributed by atoms with Crippen molar-refractivity contribution in [3.63, 3.8) is 0 Å². The summed E-state index contributed by atoms with van der Waals surface area (Å²) in [7, 11) is -1.84. The maximum Gasteiger partial charge on any atom is 0.257 e. The van der Waals surface area contributed by atoms with Gasteiger partial charge in [0.1, 0.15) is 0 Å². The molecular weight excluding hydrogens is 364 g/mol. The molecule has 0 radical (unpaired) electrons. The summed E-state index contributed by atoms with van der Waals surface area (Å²) in [6.07, 6.45) is 3.21. The van der Waals surface area contributed by atoms with Crippen LogP contribution < -0.4 is 0 Å². The number of nitrogens with zero attached hydrogens (tertiary/aromatic N) is 4. The molecule has 1 aromatic carbocycles. The monoisotopic (exact) mass is 390 g/mol. The van der Waals surface area contributed by atoms with Gasteiger partial charge in [-0.05, 0) is 49.9 Å². The molecule has 1 aromatic heterocycles. The summed E-state index contributed by atoms with van der Waals surface area (Å²) in [5, 5.41) is 4.03. The molecule has 1 fully saturated rings. The number of sulfonamides is 1. The first-order valence-corrected chi connectivity index (χ1v) is 10.4. The standard InChI is InChI=1S/C19H26N4O3S/c1-13-10-14(2)16(4)18(15(13)3)27(25,26)23-8-6-22(7-9-23)19(24)17-11-20-21(5)12-17/h10-12H,6-9H2,1-5H3. The van der Waals surface area contributed by atoms with Gasteiger partial charge in [0.25, 0.3) is 5.91 Å². The Morgan fingerprint density at radius 2 is 1.56 bits per heavy atom. The third-order valence-electron chi connectivity index (χ3n) is 5.37. The molecule has 8 heteroatoms. The smallest absolute Gasteiger partial charge is 0.257 e. The van der Waals surface area contributed by atoms with Gasteiger partial charge in [0, 0.05) is 39.4 Å². The molecule has 0 N–H and O–H groups in total. The van der Waals surface area contributed by atoms with Crippen molar-refractivity contribution in [3.8, 4) is 0 Å². The zero-order valence-corrected chi connectivity index (χ0v) is 17.3. The molecule has 1 aliphatic rings. The Balaban J connectivity index is 1.81. The van der Waals surface area contributed by atoms with Crippen molar-refractivity contribution in [2.45, 2.75) is 32.6 Å². The fourth-order valence-electron chi connectivity index (χ4n) is 3.54. The SMILES string of the molecule is Cc1cc(C)c(C)c(S(=O)(=O)N2CCN(C(=O)c3cnn(C)c3)CC2)c1C. The highest BCUT2D eigenvalue weighted by molar-refractivity contribution is 7.89. The average molecular weight is 391 g/mol. The number of amides is 1. The lowest BCUT2D eigenvalue weighted by Gasteiger charge is -2.34. The van der Waals surface area contributed by atoms with Crippen molar-refractivity contribution in [1.29, 1.82) is 0 Å². The third-order valence-corrected chi connectivity index (χ3v) is 7.55. The predicted octanol–water partition coefficient (Wildman–Crippen LogP) is 1.80. The molecule has 0 spiro atoms. The molecule has 146 valence electrons. The molecule has 3 rings (SSSR count). The predicted molar refractivity (Wildman–Crippen MR) is 103 cm³/mol. The zero-order valence-electron chi connectivity index (χ0n) is 16.5. The van der Waals surface area contributed by atoms with Crippen molar-refractivity contribution in [2.75, 3.05) is 26.2 Å². The Morgan fingerprint density at radius 3 is 2.04 bits per heavy atom. The Morgan fingerprint density at radius 1 is 1.00 bits per heavy atom. The lowest BCUT2D eigenvalue weighted by molar-refractivity contribution is 0.0697. The van der Waals surface area contributed by atoms with Gasteiger partial charge < -0.3 is 4.90 Å². The van der Waals surface area contributed by atoms with Gasteiger partial charge in [0.2, 0.25) is 10.0 Å². The lowest BCUT2D eigenvalue weighted by atomic mass is 10.0. The second kappa shape index (κ2) is 7.09. The van der Waals surface area contributed by atoms with Crippen molar-refractivity contribution in [3.05, 3.63) is 46.3 Å². The number of carbonyl (C=O) groups excluding carboxylic acids is 1. The van der Waals surface area contributed by atoms with E-state index in [2.05, 4.69) is 5.10 Å². The van der Waals surface area contributed by atoms with Crippen molar-refractivity contribution >= 4 is 15.9 Å². The maximum absolute atomic E-state index is 13.3. The minimum atomic E-state index is -3.60. The van der Waals surface area contributed by atoms with Crippen LogP contribution in [0.25, 0.3) is 0 Å². The van der Waals surface area contributed by atoms with Gasteiger partial charge >= 0.3 is 0 Å². The van der Waals surface area contributed by atoms with Crippen LogP contribution in [0.1, 0.15) is 32.6 Å². The Bertz CT molecular complexity index is 960. The van der Waals surface area contributed by atoms with Crippen LogP contribution in [0.5, 0.6) is 0 Å². The van der Waals surface area contributed by atoms with E-state index in [9.17, 15) is 13.2 Å². The van der Waals surface area contributed by atoms with Crippen LogP contribution in [0.3, 0.4) is 0 Å². The highest BCUT2D eigenvalue weighted by Crippen LogP contribution is 2.29. The molecule has 0 bridgehead atoms. The third kappa shape index (κ3) is 3.51. The number of aryl methyl sites for hydroxylation is 3.